The van der Waals surface area contributed by atoms with Gasteiger partial charge in [-0.2, -0.15) is 10.1 Å². The molecule has 1 unspecified atom stereocenters. The van der Waals surface area contributed by atoms with Crippen LogP contribution in [0.5, 0.6) is 0 Å². The van der Waals surface area contributed by atoms with Gasteiger partial charge in [-0.3, -0.25) is 0 Å². The Hall–Kier alpha value is -1.39. The van der Waals surface area contributed by atoms with Crippen molar-refractivity contribution in [2.45, 2.75) is 46.1 Å². The van der Waals surface area contributed by atoms with Crippen molar-refractivity contribution in [2.24, 2.45) is 5.92 Å². The predicted octanol–water partition coefficient (Wildman–Crippen LogP) is 2.32. The lowest BCUT2D eigenvalue weighted by molar-refractivity contribution is 0.441. The lowest BCUT2D eigenvalue weighted by atomic mass is 10.0. The molecule has 1 aliphatic rings. The largest absolute Gasteiger partial charge is 0.364 e. The van der Waals surface area contributed by atoms with E-state index in [2.05, 4.69) is 53.1 Å². The van der Waals surface area contributed by atoms with E-state index >= 15 is 0 Å². The molecule has 0 amide bonds. The second-order valence-corrected chi connectivity index (χ2v) is 6.21. The van der Waals surface area contributed by atoms with E-state index in [4.69, 9.17) is 0 Å². The quantitative estimate of drug-likeness (QED) is 0.871. The summed E-state index contributed by atoms with van der Waals surface area (Å²) in [5.74, 6) is 2.25. The van der Waals surface area contributed by atoms with E-state index in [0.717, 1.165) is 24.9 Å². The monoisotopic (exact) mass is 249 g/mol. The van der Waals surface area contributed by atoms with Gasteiger partial charge in [-0.25, -0.2) is 0 Å². The molecule has 1 fully saturated rings. The van der Waals surface area contributed by atoms with Gasteiger partial charge >= 0.3 is 0 Å². The van der Waals surface area contributed by atoms with E-state index in [9.17, 15) is 0 Å². The Morgan fingerprint density at radius 2 is 2.17 bits per heavy atom. The van der Waals surface area contributed by atoms with Crippen LogP contribution < -0.4 is 10.2 Å². The maximum absolute atomic E-state index is 4.56. The molecule has 0 aromatic carbocycles. The van der Waals surface area contributed by atoms with Gasteiger partial charge in [-0.15, -0.1) is 5.10 Å². The number of aromatic nitrogens is 3. The van der Waals surface area contributed by atoms with Crippen molar-refractivity contribution < 1.29 is 0 Å². The average Bonchev–Trinajstić information content (AvgIpc) is 2.27. The second-order valence-electron chi connectivity index (χ2n) is 6.21. The van der Waals surface area contributed by atoms with Crippen molar-refractivity contribution >= 4 is 11.8 Å². The van der Waals surface area contributed by atoms with Crippen LogP contribution in [0.3, 0.4) is 0 Å². The van der Waals surface area contributed by atoms with E-state index in [1.54, 1.807) is 6.20 Å². The Morgan fingerprint density at radius 1 is 1.39 bits per heavy atom. The number of rotatable bonds is 2. The third-order valence-corrected chi connectivity index (χ3v) is 2.99. The molecule has 0 saturated carbocycles. The van der Waals surface area contributed by atoms with Crippen molar-refractivity contribution in [3.63, 3.8) is 0 Å². The first-order valence-electron chi connectivity index (χ1n) is 6.67. The van der Waals surface area contributed by atoms with Crippen LogP contribution in [-0.2, 0) is 0 Å². The highest BCUT2D eigenvalue weighted by Gasteiger charge is 2.19. The first-order chi connectivity index (χ1) is 8.44. The molecular formula is C13H23N5. The van der Waals surface area contributed by atoms with Gasteiger partial charge in [-0.05, 0) is 39.5 Å². The zero-order valence-corrected chi connectivity index (χ0v) is 11.8. The molecule has 1 saturated heterocycles. The van der Waals surface area contributed by atoms with Crippen LogP contribution in [-0.4, -0.2) is 33.8 Å². The molecule has 100 valence electrons. The SMILES string of the molecule is CC1CCCN(c2nncc(NC(C)(C)C)n2)C1. The van der Waals surface area contributed by atoms with Gasteiger partial charge in [0.1, 0.15) is 0 Å². The molecule has 18 heavy (non-hydrogen) atoms. The molecule has 5 heteroatoms. The lowest BCUT2D eigenvalue weighted by Crippen LogP contribution is -2.36. The van der Waals surface area contributed by atoms with Crippen LogP contribution in [0, 0.1) is 5.92 Å². The fourth-order valence-electron chi connectivity index (χ4n) is 2.24. The van der Waals surface area contributed by atoms with Gasteiger partial charge in [-0.1, -0.05) is 6.92 Å². The van der Waals surface area contributed by atoms with Crippen molar-refractivity contribution in [1.82, 2.24) is 15.2 Å². The number of hydrogen-bond donors (Lipinski definition) is 1. The molecule has 2 rings (SSSR count). The summed E-state index contributed by atoms with van der Waals surface area (Å²) in [6.45, 7) is 10.7. The van der Waals surface area contributed by atoms with Crippen LogP contribution in [0.2, 0.25) is 0 Å². The smallest absolute Gasteiger partial charge is 0.247 e. The second kappa shape index (κ2) is 5.08. The summed E-state index contributed by atoms with van der Waals surface area (Å²) >= 11 is 0. The molecule has 1 N–H and O–H groups in total. The van der Waals surface area contributed by atoms with E-state index in [1.807, 2.05) is 0 Å². The van der Waals surface area contributed by atoms with Crippen molar-refractivity contribution in [2.75, 3.05) is 23.3 Å². The summed E-state index contributed by atoms with van der Waals surface area (Å²) in [6, 6.07) is 0. The summed E-state index contributed by atoms with van der Waals surface area (Å²) in [6.07, 6.45) is 4.19. The van der Waals surface area contributed by atoms with E-state index in [0.29, 0.717) is 5.92 Å². The lowest BCUT2D eigenvalue weighted by Gasteiger charge is -2.31. The number of nitrogens with zero attached hydrogens (tertiary/aromatic N) is 4. The van der Waals surface area contributed by atoms with Crippen LogP contribution in [0.1, 0.15) is 40.5 Å². The first kappa shape index (κ1) is 13.1. The summed E-state index contributed by atoms with van der Waals surface area (Å²) in [4.78, 5) is 6.79. The summed E-state index contributed by atoms with van der Waals surface area (Å²) in [7, 11) is 0. The van der Waals surface area contributed by atoms with E-state index in [1.165, 1.54) is 12.8 Å². The van der Waals surface area contributed by atoms with Crippen LogP contribution >= 0.6 is 0 Å². The number of anilines is 2. The van der Waals surface area contributed by atoms with Gasteiger partial charge in [0.2, 0.25) is 5.95 Å². The average molecular weight is 249 g/mol. The molecule has 5 nitrogen and oxygen atoms in total. The van der Waals surface area contributed by atoms with Gasteiger partial charge in [0.25, 0.3) is 0 Å². The van der Waals surface area contributed by atoms with Crippen LogP contribution in [0.4, 0.5) is 11.8 Å². The molecule has 0 aliphatic carbocycles. The van der Waals surface area contributed by atoms with Gasteiger partial charge in [0.15, 0.2) is 5.82 Å². The van der Waals surface area contributed by atoms with Crippen LogP contribution in [0.15, 0.2) is 6.20 Å². The Labute approximate surface area is 109 Å². The Morgan fingerprint density at radius 3 is 2.83 bits per heavy atom. The maximum Gasteiger partial charge on any atom is 0.247 e. The molecule has 0 radical (unpaired) electrons. The van der Waals surface area contributed by atoms with Crippen molar-refractivity contribution in [1.29, 1.82) is 0 Å². The van der Waals surface area contributed by atoms with Gasteiger partial charge in [0, 0.05) is 18.6 Å². The molecule has 2 heterocycles. The number of nitrogens with one attached hydrogen (secondary N) is 1. The topological polar surface area (TPSA) is 53.9 Å². The Kier molecular flexibility index (Phi) is 3.68. The maximum atomic E-state index is 4.56. The molecular weight excluding hydrogens is 226 g/mol. The Bertz CT molecular complexity index is 399. The van der Waals surface area contributed by atoms with Crippen LogP contribution in [0.25, 0.3) is 0 Å². The summed E-state index contributed by atoms with van der Waals surface area (Å²) in [5.41, 5.74) is -0.0114. The molecule has 1 aromatic heterocycles. The molecule has 1 aliphatic heterocycles. The highest BCUT2D eigenvalue weighted by molar-refractivity contribution is 5.40. The molecule has 0 bridgehead atoms. The zero-order valence-electron chi connectivity index (χ0n) is 11.8. The Balaban J connectivity index is 2.11. The highest BCUT2D eigenvalue weighted by atomic mass is 15.3. The normalized spacial score (nSPS) is 20.9. The minimum atomic E-state index is -0.0114. The van der Waals surface area contributed by atoms with Crippen molar-refractivity contribution in [3.8, 4) is 0 Å². The number of hydrogen-bond acceptors (Lipinski definition) is 5. The zero-order chi connectivity index (χ0) is 13.2. The summed E-state index contributed by atoms with van der Waals surface area (Å²) < 4.78 is 0. The predicted molar refractivity (Wildman–Crippen MR) is 73.8 cm³/mol. The minimum absolute atomic E-state index is 0.0114. The molecule has 0 spiro atoms. The van der Waals surface area contributed by atoms with Gasteiger partial charge in [0.05, 0.1) is 6.20 Å². The van der Waals surface area contributed by atoms with Crippen molar-refractivity contribution in [3.05, 3.63) is 6.20 Å². The van der Waals surface area contributed by atoms with E-state index in [-0.39, 0.29) is 5.54 Å². The molecule has 1 aromatic rings. The molecule has 1 atom stereocenters. The third kappa shape index (κ3) is 3.55. The minimum Gasteiger partial charge on any atom is -0.364 e. The van der Waals surface area contributed by atoms with Gasteiger partial charge < -0.3 is 10.2 Å². The highest BCUT2D eigenvalue weighted by Crippen LogP contribution is 2.20. The summed E-state index contributed by atoms with van der Waals surface area (Å²) in [5, 5.41) is 11.5. The first-order valence-corrected chi connectivity index (χ1v) is 6.67. The van der Waals surface area contributed by atoms with E-state index < -0.39 is 0 Å². The number of piperidine rings is 1. The fraction of sp³-hybridized carbons (Fsp3) is 0.769. The fourth-order valence-corrected chi connectivity index (χ4v) is 2.24. The standard InChI is InChI=1S/C13H23N5/c1-10-6-5-7-18(9-10)12-15-11(8-14-17-12)16-13(2,3)4/h8,10H,5-7,9H2,1-4H3,(H,15,16,17). The third-order valence-electron chi connectivity index (χ3n) is 2.99.